The second-order valence-electron chi connectivity index (χ2n) is 7.48. The van der Waals surface area contributed by atoms with Crippen molar-refractivity contribution in [1.82, 2.24) is 10.3 Å². The van der Waals surface area contributed by atoms with Crippen molar-refractivity contribution in [2.24, 2.45) is 0 Å². The molecule has 2 N–H and O–H groups in total. The maximum absolute atomic E-state index is 12.7. The van der Waals surface area contributed by atoms with E-state index in [1.807, 2.05) is 54.7 Å². The van der Waals surface area contributed by atoms with Crippen LogP contribution in [0.25, 0.3) is 10.9 Å². The molecule has 0 radical (unpaired) electrons. The molecule has 162 valence electrons. The Morgan fingerprint density at radius 2 is 1.78 bits per heavy atom. The first kappa shape index (κ1) is 21.1. The molecule has 4 aromatic rings. The van der Waals surface area contributed by atoms with Crippen LogP contribution in [-0.2, 0) is 11.2 Å². The molecule has 0 bridgehead atoms. The van der Waals surface area contributed by atoms with Crippen LogP contribution in [0.1, 0.15) is 22.6 Å². The highest BCUT2D eigenvalue weighted by Gasteiger charge is 2.21. The monoisotopic (exact) mass is 429 g/mol. The van der Waals surface area contributed by atoms with Gasteiger partial charge >= 0.3 is 0 Å². The Balaban J connectivity index is 1.58. The Labute approximate surface area is 185 Å². The molecule has 0 saturated heterocycles. The summed E-state index contributed by atoms with van der Waals surface area (Å²) in [6.45, 7) is 0.355. The number of nitrogens with zero attached hydrogens (tertiary/aromatic N) is 1. The van der Waals surface area contributed by atoms with Crippen LogP contribution in [0.5, 0.6) is 5.75 Å². The predicted molar refractivity (Wildman–Crippen MR) is 123 cm³/mol. The van der Waals surface area contributed by atoms with Gasteiger partial charge in [0.2, 0.25) is 5.91 Å². The average molecular weight is 429 g/mol. The Morgan fingerprint density at radius 3 is 2.53 bits per heavy atom. The van der Waals surface area contributed by atoms with Gasteiger partial charge in [-0.05, 0) is 29.3 Å². The van der Waals surface area contributed by atoms with Crippen LogP contribution in [0.3, 0.4) is 0 Å². The number of para-hydroxylation sites is 2. The van der Waals surface area contributed by atoms with Crippen molar-refractivity contribution in [2.75, 3.05) is 13.7 Å². The highest BCUT2D eigenvalue weighted by atomic mass is 16.6. The summed E-state index contributed by atoms with van der Waals surface area (Å²) < 4.78 is 5.27. The molecule has 7 heteroatoms. The van der Waals surface area contributed by atoms with Gasteiger partial charge in [0.05, 0.1) is 18.5 Å². The van der Waals surface area contributed by atoms with Crippen LogP contribution in [0.4, 0.5) is 5.69 Å². The van der Waals surface area contributed by atoms with Gasteiger partial charge in [-0.25, -0.2) is 0 Å². The minimum atomic E-state index is -0.464. The molecule has 7 nitrogen and oxygen atoms in total. The fourth-order valence-corrected chi connectivity index (χ4v) is 3.92. The van der Waals surface area contributed by atoms with Crippen LogP contribution >= 0.6 is 0 Å². The number of methoxy groups -OCH3 is 1. The summed E-state index contributed by atoms with van der Waals surface area (Å²) in [5.74, 6) is 0.385. The molecule has 1 aromatic heterocycles. The fraction of sp³-hybridized carbons (Fsp3) is 0.160. The van der Waals surface area contributed by atoms with Crippen LogP contribution in [0, 0.1) is 10.1 Å². The van der Waals surface area contributed by atoms with E-state index in [0.29, 0.717) is 12.1 Å². The lowest BCUT2D eigenvalue weighted by Gasteiger charge is -2.19. The van der Waals surface area contributed by atoms with Crippen molar-refractivity contribution >= 4 is 22.5 Å². The number of nitrogens with one attached hydrogen (secondary N) is 2. The van der Waals surface area contributed by atoms with E-state index in [0.717, 1.165) is 27.8 Å². The highest BCUT2D eigenvalue weighted by Crippen LogP contribution is 2.31. The van der Waals surface area contributed by atoms with E-state index in [2.05, 4.69) is 10.3 Å². The quantitative estimate of drug-likeness (QED) is 0.317. The van der Waals surface area contributed by atoms with Crippen LogP contribution in [0.15, 0.2) is 79.0 Å². The molecule has 0 aliphatic carbocycles. The average Bonchev–Trinajstić information content (AvgIpc) is 3.24. The van der Waals surface area contributed by atoms with E-state index in [-0.39, 0.29) is 23.9 Å². The van der Waals surface area contributed by atoms with Crippen molar-refractivity contribution in [3.63, 3.8) is 0 Å². The van der Waals surface area contributed by atoms with E-state index in [4.69, 9.17) is 4.74 Å². The molecule has 0 fully saturated rings. The topological polar surface area (TPSA) is 97.3 Å². The molecule has 1 unspecified atom stereocenters. The summed E-state index contributed by atoms with van der Waals surface area (Å²) in [5.41, 5.74) is 3.46. The zero-order valence-corrected chi connectivity index (χ0v) is 17.6. The molecule has 3 aromatic carbocycles. The van der Waals surface area contributed by atoms with Gasteiger partial charge in [0.15, 0.2) is 0 Å². The zero-order valence-electron chi connectivity index (χ0n) is 17.6. The number of benzene rings is 3. The van der Waals surface area contributed by atoms with E-state index < -0.39 is 4.92 Å². The Bertz CT molecular complexity index is 1250. The first-order valence-electron chi connectivity index (χ1n) is 10.3. The summed E-state index contributed by atoms with van der Waals surface area (Å²) in [5, 5.41) is 15.3. The highest BCUT2D eigenvalue weighted by molar-refractivity contribution is 5.84. The molecular weight excluding hydrogens is 406 g/mol. The summed E-state index contributed by atoms with van der Waals surface area (Å²) in [7, 11) is 1.62. The van der Waals surface area contributed by atoms with Crippen molar-refractivity contribution in [3.05, 3.63) is 106 Å². The maximum atomic E-state index is 12.7. The zero-order chi connectivity index (χ0) is 22.5. The van der Waals surface area contributed by atoms with Gasteiger partial charge in [-0.1, -0.05) is 48.5 Å². The number of amides is 1. The Morgan fingerprint density at radius 1 is 1.06 bits per heavy atom. The number of H-pyrrole nitrogens is 1. The van der Waals surface area contributed by atoms with Gasteiger partial charge < -0.3 is 15.0 Å². The largest absolute Gasteiger partial charge is 0.497 e. The van der Waals surface area contributed by atoms with Gasteiger partial charge in [0.25, 0.3) is 5.69 Å². The third kappa shape index (κ3) is 4.46. The Kier molecular flexibility index (Phi) is 6.17. The van der Waals surface area contributed by atoms with Crippen molar-refractivity contribution in [3.8, 4) is 5.75 Å². The Hall–Kier alpha value is -4.13. The van der Waals surface area contributed by atoms with Crippen molar-refractivity contribution in [1.29, 1.82) is 0 Å². The number of ether oxygens (including phenoxy) is 1. The molecule has 1 amide bonds. The molecule has 1 atom stereocenters. The van der Waals surface area contributed by atoms with E-state index in [1.54, 1.807) is 25.3 Å². The number of rotatable bonds is 8. The van der Waals surface area contributed by atoms with Gasteiger partial charge in [-0.15, -0.1) is 0 Å². The lowest BCUT2D eigenvalue weighted by Crippen LogP contribution is -2.30. The normalized spacial score (nSPS) is 11.8. The van der Waals surface area contributed by atoms with Gasteiger partial charge in [-0.2, -0.15) is 0 Å². The molecule has 0 saturated carbocycles. The number of fused-ring (bicyclic) bond motifs is 1. The number of carbonyl (C=O) groups is 1. The maximum Gasteiger partial charge on any atom is 0.273 e. The summed E-state index contributed by atoms with van der Waals surface area (Å²) in [6, 6.07) is 22.1. The number of hydrogen-bond acceptors (Lipinski definition) is 4. The minimum absolute atomic E-state index is 0.0500. The number of aromatic nitrogens is 1. The van der Waals surface area contributed by atoms with E-state index >= 15 is 0 Å². The van der Waals surface area contributed by atoms with E-state index in [9.17, 15) is 14.9 Å². The molecule has 32 heavy (non-hydrogen) atoms. The summed E-state index contributed by atoms with van der Waals surface area (Å²) in [4.78, 5) is 26.8. The molecular formula is C25H23N3O4. The minimum Gasteiger partial charge on any atom is -0.497 e. The number of hydrogen-bond donors (Lipinski definition) is 2. The summed E-state index contributed by atoms with van der Waals surface area (Å²) >= 11 is 0. The first-order chi connectivity index (χ1) is 15.6. The van der Waals surface area contributed by atoms with Crippen molar-refractivity contribution < 1.29 is 14.5 Å². The van der Waals surface area contributed by atoms with Crippen LogP contribution in [0.2, 0.25) is 0 Å². The predicted octanol–water partition coefficient (Wildman–Crippen LogP) is 4.58. The number of nitro groups is 1. The molecule has 4 rings (SSSR count). The standard InChI is InChI=1S/C25H23N3O4/c1-32-19-12-10-17(11-13-19)21(22-16-26-23-8-4-3-7-20(22)23)15-27-25(29)14-18-6-2-5-9-24(18)28(30)31/h2-13,16,21,26H,14-15H2,1H3,(H,27,29). The van der Waals surface area contributed by atoms with E-state index in [1.165, 1.54) is 6.07 Å². The third-order valence-corrected chi connectivity index (χ3v) is 5.56. The number of aromatic amines is 1. The second-order valence-corrected chi connectivity index (χ2v) is 7.48. The van der Waals surface area contributed by atoms with Gasteiger partial charge in [-0.3, -0.25) is 14.9 Å². The van der Waals surface area contributed by atoms with Gasteiger partial charge in [0, 0.05) is 41.2 Å². The van der Waals surface area contributed by atoms with Gasteiger partial charge in [0.1, 0.15) is 5.75 Å². The second kappa shape index (κ2) is 9.34. The summed E-state index contributed by atoms with van der Waals surface area (Å²) in [6.07, 6.45) is 1.91. The SMILES string of the molecule is COc1ccc(C(CNC(=O)Cc2ccccc2[N+](=O)[O-])c2c[nH]c3ccccc23)cc1. The van der Waals surface area contributed by atoms with Crippen LogP contribution < -0.4 is 10.1 Å². The number of nitro benzene ring substituents is 1. The molecule has 0 aliphatic rings. The lowest BCUT2D eigenvalue weighted by atomic mass is 9.90. The lowest BCUT2D eigenvalue weighted by molar-refractivity contribution is -0.385. The molecule has 1 heterocycles. The van der Waals surface area contributed by atoms with Crippen molar-refractivity contribution in [2.45, 2.75) is 12.3 Å². The fourth-order valence-electron chi connectivity index (χ4n) is 3.92. The number of carbonyl (C=O) groups excluding carboxylic acids is 1. The first-order valence-corrected chi connectivity index (χ1v) is 10.3. The third-order valence-electron chi connectivity index (χ3n) is 5.56. The molecule has 0 spiro atoms. The smallest absolute Gasteiger partial charge is 0.273 e. The molecule has 0 aliphatic heterocycles. The van der Waals surface area contributed by atoms with Crippen LogP contribution in [-0.4, -0.2) is 29.5 Å².